The maximum Gasteiger partial charge on any atom is 0.256 e. The van der Waals surface area contributed by atoms with Gasteiger partial charge >= 0.3 is 0 Å². The Morgan fingerprint density at radius 3 is 2.78 bits per heavy atom. The third-order valence-corrected chi connectivity index (χ3v) is 2.56. The molecular formula is C12H16N4O2. The fraction of sp³-hybridized carbons (Fsp3) is 0.333. The second-order valence-electron chi connectivity index (χ2n) is 4.15. The summed E-state index contributed by atoms with van der Waals surface area (Å²) in [6.07, 6.45) is 4.65. The molecule has 2 heterocycles. The molecule has 0 aliphatic heterocycles. The summed E-state index contributed by atoms with van der Waals surface area (Å²) in [5, 5.41) is 15.9. The predicted molar refractivity (Wildman–Crippen MR) is 66.5 cm³/mol. The SMILES string of the molecule is CC(O)CNC(=O)c1cnn(C)c1-n1cccc1. The van der Waals surface area contributed by atoms with Gasteiger partial charge < -0.3 is 15.0 Å². The lowest BCUT2D eigenvalue weighted by Crippen LogP contribution is -2.31. The number of nitrogens with zero attached hydrogens (tertiary/aromatic N) is 3. The Balaban J connectivity index is 2.27. The molecule has 0 saturated heterocycles. The van der Waals surface area contributed by atoms with Crippen LogP contribution in [0.15, 0.2) is 30.7 Å². The number of hydrogen-bond donors (Lipinski definition) is 2. The molecule has 0 aromatic carbocycles. The summed E-state index contributed by atoms with van der Waals surface area (Å²) in [6.45, 7) is 1.84. The number of aromatic nitrogens is 3. The van der Waals surface area contributed by atoms with Crippen LogP contribution in [0.25, 0.3) is 5.82 Å². The Labute approximate surface area is 105 Å². The Morgan fingerprint density at radius 1 is 1.50 bits per heavy atom. The molecule has 1 atom stereocenters. The Kier molecular flexibility index (Phi) is 3.47. The molecular weight excluding hydrogens is 232 g/mol. The van der Waals surface area contributed by atoms with E-state index in [9.17, 15) is 4.79 Å². The van der Waals surface area contributed by atoms with E-state index in [0.29, 0.717) is 11.4 Å². The zero-order chi connectivity index (χ0) is 13.1. The average molecular weight is 248 g/mol. The fourth-order valence-corrected chi connectivity index (χ4v) is 1.71. The van der Waals surface area contributed by atoms with Crippen molar-refractivity contribution in [1.82, 2.24) is 19.7 Å². The minimum Gasteiger partial charge on any atom is -0.392 e. The highest BCUT2D eigenvalue weighted by Gasteiger charge is 2.17. The summed E-state index contributed by atoms with van der Waals surface area (Å²) in [5.74, 6) is 0.454. The van der Waals surface area contributed by atoms with Gasteiger partial charge in [-0.15, -0.1) is 0 Å². The molecule has 6 heteroatoms. The minimum absolute atomic E-state index is 0.221. The van der Waals surface area contributed by atoms with Gasteiger partial charge in [0, 0.05) is 26.0 Å². The van der Waals surface area contributed by atoms with Crippen molar-refractivity contribution in [3.8, 4) is 5.82 Å². The van der Waals surface area contributed by atoms with Gasteiger partial charge in [0.15, 0.2) is 0 Å². The first-order chi connectivity index (χ1) is 8.59. The summed E-state index contributed by atoms with van der Waals surface area (Å²) in [7, 11) is 1.78. The summed E-state index contributed by atoms with van der Waals surface area (Å²) < 4.78 is 3.46. The van der Waals surface area contributed by atoms with Gasteiger partial charge in [0.25, 0.3) is 5.91 Å². The van der Waals surface area contributed by atoms with E-state index in [0.717, 1.165) is 0 Å². The van der Waals surface area contributed by atoms with Crippen molar-refractivity contribution < 1.29 is 9.90 Å². The second kappa shape index (κ2) is 5.05. The van der Waals surface area contributed by atoms with E-state index in [1.807, 2.05) is 29.1 Å². The first kappa shape index (κ1) is 12.4. The summed E-state index contributed by atoms with van der Waals surface area (Å²) in [4.78, 5) is 12.0. The van der Waals surface area contributed by atoms with Gasteiger partial charge in [-0.25, -0.2) is 0 Å². The van der Waals surface area contributed by atoms with Crippen LogP contribution in [0, 0.1) is 0 Å². The molecule has 0 saturated carbocycles. The first-order valence-corrected chi connectivity index (χ1v) is 5.71. The van der Waals surface area contributed by atoms with Crippen LogP contribution in [0.4, 0.5) is 0 Å². The number of carbonyl (C=O) groups excluding carboxylic acids is 1. The quantitative estimate of drug-likeness (QED) is 0.818. The standard InChI is InChI=1S/C12H16N4O2/c1-9(17)7-13-11(18)10-8-14-15(2)12(10)16-5-3-4-6-16/h3-6,8-9,17H,7H2,1-2H3,(H,13,18). The molecule has 18 heavy (non-hydrogen) atoms. The van der Waals surface area contributed by atoms with Crippen LogP contribution in [0.5, 0.6) is 0 Å². The molecule has 0 radical (unpaired) electrons. The molecule has 0 fully saturated rings. The maximum absolute atomic E-state index is 12.0. The Bertz CT molecular complexity index is 528. The van der Waals surface area contributed by atoms with Crippen LogP contribution >= 0.6 is 0 Å². The Hall–Kier alpha value is -2.08. The molecule has 0 bridgehead atoms. The van der Waals surface area contributed by atoms with Gasteiger partial charge in [-0.05, 0) is 19.1 Å². The van der Waals surface area contributed by atoms with E-state index >= 15 is 0 Å². The van der Waals surface area contributed by atoms with Crippen molar-refractivity contribution in [2.75, 3.05) is 6.54 Å². The van der Waals surface area contributed by atoms with E-state index in [-0.39, 0.29) is 12.5 Å². The van der Waals surface area contributed by atoms with Gasteiger partial charge in [0.05, 0.1) is 12.3 Å². The average Bonchev–Trinajstić information content (AvgIpc) is 2.94. The van der Waals surface area contributed by atoms with Gasteiger partial charge in [0.2, 0.25) is 0 Å². The predicted octanol–water partition coefficient (Wildman–Crippen LogP) is 0.321. The van der Waals surface area contributed by atoms with Crippen molar-refractivity contribution >= 4 is 5.91 Å². The van der Waals surface area contributed by atoms with Crippen LogP contribution < -0.4 is 5.32 Å². The molecule has 0 spiro atoms. The molecule has 1 amide bonds. The maximum atomic E-state index is 12.0. The lowest BCUT2D eigenvalue weighted by molar-refractivity contribution is 0.0924. The number of rotatable bonds is 4. The fourth-order valence-electron chi connectivity index (χ4n) is 1.71. The summed E-state index contributed by atoms with van der Waals surface area (Å²) in [6, 6.07) is 3.76. The third-order valence-electron chi connectivity index (χ3n) is 2.56. The zero-order valence-corrected chi connectivity index (χ0v) is 10.4. The van der Waals surface area contributed by atoms with E-state index in [4.69, 9.17) is 5.11 Å². The number of hydrogen-bond acceptors (Lipinski definition) is 3. The molecule has 0 aliphatic carbocycles. The molecule has 2 rings (SSSR count). The van der Waals surface area contributed by atoms with Crippen LogP contribution in [0.3, 0.4) is 0 Å². The number of aliphatic hydroxyl groups excluding tert-OH is 1. The molecule has 6 nitrogen and oxygen atoms in total. The van der Waals surface area contributed by atoms with Gasteiger partial charge in [-0.2, -0.15) is 5.10 Å². The highest BCUT2D eigenvalue weighted by molar-refractivity contribution is 5.97. The van der Waals surface area contributed by atoms with Gasteiger partial charge in [0.1, 0.15) is 11.4 Å². The highest BCUT2D eigenvalue weighted by atomic mass is 16.3. The van der Waals surface area contributed by atoms with Crippen LogP contribution in [-0.2, 0) is 7.05 Å². The smallest absolute Gasteiger partial charge is 0.256 e. The zero-order valence-electron chi connectivity index (χ0n) is 10.4. The molecule has 2 N–H and O–H groups in total. The summed E-state index contributed by atoms with van der Waals surface area (Å²) >= 11 is 0. The molecule has 1 unspecified atom stereocenters. The largest absolute Gasteiger partial charge is 0.392 e. The highest BCUT2D eigenvalue weighted by Crippen LogP contribution is 2.13. The number of nitrogens with one attached hydrogen (secondary N) is 1. The normalized spacial score (nSPS) is 12.4. The second-order valence-corrected chi connectivity index (χ2v) is 4.15. The summed E-state index contributed by atoms with van der Waals surface area (Å²) in [5.41, 5.74) is 0.481. The van der Waals surface area contributed by atoms with E-state index in [2.05, 4.69) is 10.4 Å². The van der Waals surface area contributed by atoms with Gasteiger partial charge in [-0.3, -0.25) is 9.48 Å². The van der Waals surface area contributed by atoms with Crippen molar-refractivity contribution in [1.29, 1.82) is 0 Å². The third kappa shape index (κ3) is 2.43. The number of carbonyl (C=O) groups is 1. The molecule has 96 valence electrons. The topological polar surface area (TPSA) is 72.1 Å². The molecule has 0 aliphatic rings. The van der Waals surface area contributed by atoms with Crippen LogP contribution in [0.1, 0.15) is 17.3 Å². The van der Waals surface area contributed by atoms with Crippen molar-refractivity contribution in [3.63, 3.8) is 0 Å². The number of aryl methyl sites for hydroxylation is 1. The Morgan fingerprint density at radius 2 is 2.17 bits per heavy atom. The van der Waals surface area contributed by atoms with Crippen LogP contribution in [-0.4, -0.2) is 38.0 Å². The monoisotopic (exact) mass is 248 g/mol. The van der Waals surface area contributed by atoms with E-state index < -0.39 is 6.10 Å². The van der Waals surface area contributed by atoms with Crippen molar-refractivity contribution in [2.45, 2.75) is 13.0 Å². The van der Waals surface area contributed by atoms with E-state index in [1.165, 1.54) is 6.20 Å². The van der Waals surface area contributed by atoms with E-state index in [1.54, 1.807) is 18.7 Å². The molecule has 2 aromatic rings. The first-order valence-electron chi connectivity index (χ1n) is 5.71. The van der Waals surface area contributed by atoms with Crippen LogP contribution in [0.2, 0.25) is 0 Å². The minimum atomic E-state index is -0.569. The lowest BCUT2D eigenvalue weighted by Gasteiger charge is -2.09. The number of aliphatic hydroxyl groups is 1. The molecule has 2 aromatic heterocycles. The number of amides is 1. The van der Waals surface area contributed by atoms with Crippen molar-refractivity contribution in [2.24, 2.45) is 7.05 Å². The van der Waals surface area contributed by atoms with Gasteiger partial charge in [-0.1, -0.05) is 0 Å². The lowest BCUT2D eigenvalue weighted by atomic mass is 10.3. The van der Waals surface area contributed by atoms with Crippen molar-refractivity contribution in [3.05, 3.63) is 36.3 Å².